The average Bonchev–Trinajstić information content (AvgIpc) is 2.61. The van der Waals surface area contributed by atoms with Gasteiger partial charge in [-0.05, 0) is 59.3 Å². The molecule has 0 saturated heterocycles. The molecule has 96 valence electrons. The van der Waals surface area contributed by atoms with E-state index in [1.807, 2.05) is 42.9 Å². The van der Waals surface area contributed by atoms with Crippen molar-refractivity contribution in [3.63, 3.8) is 0 Å². The summed E-state index contributed by atoms with van der Waals surface area (Å²) >= 11 is 5.68. The maximum atomic E-state index is 10.3. The lowest BCUT2D eigenvalue weighted by Crippen LogP contribution is -2.07. The number of aromatic nitrogens is 2. The number of hydrogen-bond donors (Lipinski definition) is 1. The van der Waals surface area contributed by atoms with Crippen LogP contribution in [-0.4, -0.2) is 14.9 Å². The molecule has 0 radical (unpaired) electrons. The van der Waals surface area contributed by atoms with Crippen LogP contribution in [0.2, 0.25) is 0 Å². The fourth-order valence-corrected chi connectivity index (χ4v) is 3.01. The molecule has 0 aliphatic heterocycles. The quantitative estimate of drug-likeness (QED) is 0.773. The average molecular weight is 421 g/mol. The van der Waals surface area contributed by atoms with Crippen LogP contribution in [0.4, 0.5) is 0 Å². The first-order chi connectivity index (χ1) is 8.47. The molecule has 0 amide bonds. The lowest BCUT2D eigenvalue weighted by Gasteiger charge is -2.13. The van der Waals surface area contributed by atoms with Crippen molar-refractivity contribution in [3.05, 3.63) is 49.3 Å². The molecule has 3 nitrogen and oxygen atoms in total. The molecule has 1 heterocycles. The second-order valence-corrected chi connectivity index (χ2v) is 6.36. The molecule has 0 bridgehead atoms. The number of aryl methyl sites for hydroxylation is 2. The van der Waals surface area contributed by atoms with Crippen molar-refractivity contribution in [1.82, 2.24) is 9.78 Å². The van der Waals surface area contributed by atoms with Gasteiger partial charge >= 0.3 is 0 Å². The maximum absolute atomic E-state index is 10.3. The summed E-state index contributed by atoms with van der Waals surface area (Å²) in [4.78, 5) is 0. The van der Waals surface area contributed by atoms with Crippen molar-refractivity contribution in [2.75, 3.05) is 0 Å². The second-order valence-electron chi connectivity index (χ2n) is 4.29. The summed E-state index contributed by atoms with van der Waals surface area (Å²) in [6.07, 6.45) is 0.0632. The molecule has 2 aromatic rings. The van der Waals surface area contributed by atoms with E-state index < -0.39 is 6.10 Å². The summed E-state index contributed by atoms with van der Waals surface area (Å²) in [5.74, 6) is 0. The lowest BCUT2D eigenvalue weighted by molar-refractivity contribution is 0.175. The standard InChI is InChI=1S/C13H14BrIN2O/c1-8-5-10(17(2)16-8)7-13(18)11-6-9(14)3-4-12(11)15/h3-6,13,18H,7H2,1-2H3. The van der Waals surface area contributed by atoms with Crippen molar-refractivity contribution >= 4 is 38.5 Å². The Morgan fingerprint density at radius 3 is 2.78 bits per heavy atom. The minimum absolute atomic E-state index is 0.510. The van der Waals surface area contributed by atoms with Crippen molar-refractivity contribution in [2.24, 2.45) is 7.05 Å². The summed E-state index contributed by atoms with van der Waals surface area (Å²) in [5.41, 5.74) is 2.96. The van der Waals surface area contributed by atoms with Gasteiger partial charge in [-0.15, -0.1) is 0 Å². The fourth-order valence-electron chi connectivity index (χ4n) is 1.93. The summed E-state index contributed by atoms with van der Waals surface area (Å²) in [5, 5.41) is 14.6. The molecule has 5 heteroatoms. The number of aliphatic hydroxyl groups excluding tert-OH is 1. The van der Waals surface area contributed by atoms with E-state index in [1.54, 1.807) is 0 Å². The van der Waals surface area contributed by atoms with Gasteiger partial charge in [0.05, 0.1) is 11.8 Å². The van der Waals surface area contributed by atoms with Crippen LogP contribution in [0.1, 0.15) is 23.1 Å². The van der Waals surface area contributed by atoms with Gasteiger partial charge < -0.3 is 5.11 Å². The molecule has 1 atom stereocenters. The first-order valence-corrected chi connectivity index (χ1v) is 7.47. The second kappa shape index (κ2) is 5.71. The normalized spacial score (nSPS) is 12.7. The van der Waals surface area contributed by atoms with Crippen molar-refractivity contribution in [2.45, 2.75) is 19.4 Å². The lowest BCUT2D eigenvalue weighted by atomic mass is 10.0. The highest BCUT2D eigenvalue weighted by molar-refractivity contribution is 14.1. The molecule has 0 fully saturated rings. The molecule has 0 saturated carbocycles. The summed E-state index contributed by atoms with van der Waals surface area (Å²) in [7, 11) is 1.90. The highest BCUT2D eigenvalue weighted by Gasteiger charge is 2.15. The summed E-state index contributed by atoms with van der Waals surface area (Å²) in [6, 6.07) is 7.95. The Balaban J connectivity index is 2.24. The Kier molecular flexibility index (Phi) is 4.45. The minimum atomic E-state index is -0.510. The molecule has 0 aliphatic rings. The van der Waals surface area contributed by atoms with Crippen molar-refractivity contribution in [3.8, 4) is 0 Å². The highest BCUT2D eigenvalue weighted by atomic mass is 127. The van der Waals surface area contributed by atoms with E-state index in [0.29, 0.717) is 6.42 Å². The number of benzene rings is 1. The number of aliphatic hydroxyl groups is 1. The minimum Gasteiger partial charge on any atom is -0.388 e. The third-order valence-corrected chi connectivity index (χ3v) is 4.29. The Labute approximate surface area is 128 Å². The molecule has 0 spiro atoms. The molecule has 1 N–H and O–H groups in total. The van der Waals surface area contributed by atoms with Gasteiger partial charge in [0, 0.05) is 27.2 Å². The number of rotatable bonds is 3. The molecule has 1 aromatic heterocycles. The SMILES string of the molecule is Cc1cc(CC(O)c2cc(Br)ccc2I)n(C)n1. The monoisotopic (exact) mass is 420 g/mol. The van der Waals surface area contributed by atoms with Gasteiger partial charge in [-0.2, -0.15) is 5.10 Å². The van der Waals surface area contributed by atoms with Crippen molar-refractivity contribution < 1.29 is 5.11 Å². The first-order valence-electron chi connectivity index (χ1n) is 5.60. The number of nitrogens with zero attached hydrogens (tertiary/aromatic N) is 2. The third-order valence-electron chi connectivity index (χ3n) is 2.82. The highest BCUT2D eigenvalue weighted by Crippen LogP contribution is 2.26. The maximum Gasteiger partial charge on any atom is 0.0855 e. The largest absolute Gasteiger partial charge is 0.388 e. The van der Waals surface area contributed by atoms with Crippen molar-refractivity contribution in [1.29, 1.82) is 0 Å². The van der Waals surface area contributed by atoms with Crippen LogP contribution >= 0.6 is 38.5 Å². The predicted octanol–water partition coefficient (Wildman–Crippen LogP) is 3.37. The Bertz CT molecular complexity index is 568. The van der Waals surface area contributed by atoms with E-state index in [2.05, 4.69) is 43.6 Å². The van der Waals surface area contributed by atoms with Crippen LogP contribution in [0.3, 0.4) is 0 Å². The molecule has 1 unspecified atom stereocenters. The van der Waals surface area contributed by atoms with E-state index in [0.717, 1.165) is 25.0 Å². The number of hydrogen-bond acceptors (Lipinski definition) is 2. The van der Waals surface area contributed by atoms with Gasteiger partial charge in [0.25, 0.3) is 0 Å². The summed E-state index contributed by atoms with van der Waals surface area (Å²) < 4.78 is 3.88. The van der Waals surface area contributed by atoms with E-state index >= 15 is 0 Å². The van der Waals surface area contributed by atoms with Gasteiger partial charge in [0.15, 0.2) is 0 Å². The van der Waals surface area contributed by atoms with Crippen LogP contribution in [-0.2, 0) is 13.5 Å². The molecular formula is C13H14BrIN2O. The zero-order valence-corrected chi connectivity index (χ0v) is 13.9. The Hall–Kier alpha value is -0.400. The zero-order valence-electron chi connectivity index (χ0n) is 10.2. The van der Waals surface area contributed by atoms with Gasteiger partial charge in [0.2, 0.25) is 0 Å². The molecule has 0 aliphatic carbocycles. The molecule has 2 rings (SSSR count). The van der Waals surface area contributed by atoms with Gasteiger partial charge in [-0.3, -0.25) is 4.68 Å². The van der Waals surface area contributed by atoms with Crippen LogP contribution in [0.25, 0.3) is 0 Å². The van der Waals surface area contributed by atoms with Crippen LogP contribution in [0.15, 0.2) is 28.7 Å². The van der Waals surface area contributed by atoms with Gasteiger partial charge in [0.1, 0.15) is 0 Å². The predicted molar refractivity (Wildman–Crippen MR) is 83.5 cm³/mol. The molecule has 18 heavy (non-hydrogen) atoms. The van der Waals surface area contributed by atoms with E-state index in [1.165, 1.54) is 0 Å². The first kappa shape index (κ1) is 14.0. The smallest absolute Gasteiger partial charge is 0.0855 e. The number of halogens is 2. The van der Waals surface area contributed by atoms with Crippen LogP contribution < -0.4 is 0 Å². The third kappa shape index (κ3) is 3.13. The van der Waals surface area contributed by atoms with E-state index in [-0.39, 0.29) is 0 Å². The molecular weight excluding hydrogens is 407 g/mol. The van der Waals surface area contributed by atoms with Gasteiger partial charge in [-0.1, -0.05) is 15.9 Å². The van der Waals surface area contributed by atoms with E-state index in [9.17, 15) is 5.11 Å². The van der Waals surface area contributed by atoms with Gasteiger partial charge in [-0.25, -0.2) is 0 Å². The fraction of sp³-hybridized carbons (Fsp3) is 0.308. The van der Waals surface area contributed by atoms with Crippen LogP contribution in [0.5, 0.6) is 0 Å². The van der Waals surface area contributed by atoms with E-state index in [4.69, 9.17) is 0 Å². The topological polar surface area (TPSA) is 38.0 Å². The molecule has 1 aromatic carbocycles. The zero-order chi connectivity index (χ0) is 13.3. The Morgan fingerprint density at radius 1 is 1.44 bits per heavy atom. The summed E-state index contributed by atoms with van der Waals surface area (Å²) in [6.45, 7) is 1.96. The Morgan fingerprint density at radius 2 is 2.17 bits per heavy atom. The van der Waals surface area contributed by atoms with Crippen LogP contribution in [0, 0.1) is 10.5 Å².